The van der Waals surface area contributed by atoms with Crippen LogP contribution < -0.4 is 0 Å². The smallest absolute Gasteiger partial charge is 0.337 e. The topological polar surface area (TPSA) is 64.4 Å². The number of carboxylic acids is 1. The normalized spacial score (nSPS) is 10.9. The molecule has 0 aliphatic carbocycles. The summed E-state index contributed by atoms with van der Waals surface area (Å²) in [6.45, 7) is 1.45. The van der Waals surface area contributed by atoms with Gasteiger partial charge < -0.3 is 14.4 Å². The summed E-state index contributed by atoms with van der Waals surface area (Å²) >= 11 is 0. The summed E-state index contributed by atoms with van der Waals surface area (Å²) in [5, 5.41) is 9.04. The minimum Gasteiger partial charge on any atom is -0.478 e. The monoisotopic (exact) mass is 234 g/mol. The number of carboxylic acid groups (broad SMARTS) is 1. The predicted octanol–water partition coefficient (Wildman–Crippen LogP) is 1.77. The quantitative estimate of drug-likeness (QED) is 0.801. The van der Waals surface area contributed by atoms with Gasteiger partial charge in [0.15, 0.2) is 0 Å². The van der Waals surface area contributed by atoms with Crippen molar-refractivity contribution in [2.75, 3.05) is 13.7 Å². The Morgan fingerprint density at radius 1 is 1.53 bits per heavy atom. The lowest BCUT2D eigenvalue weighted by Gasteiger charge is -2.03. The minimum atomic E-state index is -0.947. The third-order valence-electron chi connectivity index (χ3n) is 2.63. The largest absolute Gasteiger partial charge is 0.478 e. The summed E-state index contributed by atoms with van der Waals surface area (Å²) in [5.41, 5.74) is 1.63. The molecule has 0 unspecified atom stereocenters. The molecular weight excluding hydrogens is 220 g/mol. The molecule has 17 heavy (non-hydrogen) atoms. The Morgan fingerprint density at radius 3 is 3.06 bits per heavy atom. The molecule has 5 nitrogen and oxygen atoms in total. The second-order valence-corrected chi connectivity index (χ2v) is 3.76. The third kappa shape index (κ3) is 2.29. The molecule has 0 fully saturated rings. The van der Waals surface area contributed by atoms with Crippen LogP contribution in [0.25, 0.3) is 11.0 Å². The third-order valence-corrected chi connectivity index (χ3v) is 2.63. The molecule has 0 aliphatic heterocycles. The van der Waals surface area contributed by atoms with Crippen LogP contribution in [0.15, 0.2) is 24.5 Å². The number of rotatable bonds is 5. The first-order chi connectivity index (χ1) is 8.24. The minimum absolute atomic E-state index is 0.244. The van der Waals surface area contributed by atoms with E-state index in [0.29, 0.717) is 12.1 Å². The van der Waals surface area contributed by atoms with Crippen molar-refractivity contribution < 1.29 is 14.6 Å². The zero-order valence-electron chi connectivity index (χ0n) is 9.59. The molecule has 1 N–H and O–H groups in total. The van der Waals surface area contributed by atoms with Crippen molar-refractivity contribution in [3.8, 4) is 0 Å². The number of fused-ring (bicyclic) bond motifs is 1. The number of methoxy groups -OCH3 is 1. The number of nitrogens with zero attached hydrogens (tertiary/aromatic N) is 2. The summed E-state index contributed by atoms with van der Waals surface area (Å²) in [5.74, 6) is -0.947. The molecule has 0 radical (unpaired) electrons. The van der Waals surface area contributed by atoms with Crippen LogP contribution in [0.3, 0.4) is 0 Å². The Labute approximate surface area is 98.6 Å². The van der Waals surface area contributed by atoms with E-state index in [9.17, 15) is 4.79 Å². The Balaban J connectivity index is 2.34. The van der Waals surface area contributed by atoms with Gasteiger partial charge >= 0.3 is 5.97 Å². The first-order valence-corrected chi connectivity index (χ1v) is 5.40. The number of para-hydroxylation sites is 1. The van der Waals surface area contributed by atoms with E-state index in [0.717, 1.165) is 18.5 Å². The van der Waals surface area contributed by atoms with Gasteiger partial charge in [-0.1, -0.05) is 6.07 Å². The van der Waals surface area contributed by atoms with E-state index in [-0.39, 0.29) is 5.56 Å². The van der Waals surface area contributed by atoms with E-state index in [1.807, 2.05) is 10.6 Å². The van der Waals surface area contributed by atoms with Gasteiger partial charge in [0.25, 0.3) is 0 Å². The number of hydrogen-bond donors (Lipinski definition) is 1. The van der Waals surface area contributed by atoms with Gasteiger partial charge in [-0.3, -0.25) is 0 Å². The lowest BCUT2D eigenvalue weighted by molar-refractivity contribution is 0.0699. The first kappa shape index (κ1) is 11.6. The molecule has 0 saturated heterocycles. The maximum atomic E-state index is 11.0. The van der Waals surface area contributed by atoms with Gasteiger partial charge in [-0.2, -0.15) is 0 Å². The molecule has 0 saturated carbocycles. The van der Waals surface area contributed by atoms with Gasteiger partial charge in [-0.25, -0.2) is 9.78 Å². The molecule has 2 aromatic rings. The summed E-state index contributed by atoms with van der Waals surface area (Å²) in [6.07, 6.45) is 2.55. The molecule has 1 heterocycles. The highest BCUT2D eigenvalue weighted by molar-refractivity contribution is 6.00. The van der Waals surface area contributed by atoms with Crippen LogP contribution in [0, 0.1) is 0 Å². The summed E-state index contributed by atoms with van der Waals surface area (Å²) in [7, 11) is 1.66. The Bertz CT molecular complexity index is 534. The van der Waals surface area contributed by atoms with E-state index >= 15 is 0 Å². The lowest BCUT2D eigenvalue weighted by Crippen LogP contribution is -2.01. The van der Waals surface area contributed by atoms with Crippen LogP contribution >= 0.6 is 0 Å². The fourth-order valence-electron chi connectivity index (χ4n) is 1.82. The number of aromatic nitrogens is 2. The molecule has 0 amide bonds. The van der Waals surface area contributed by atoms with E-state index in [1.54, 1.807) is 25.6 Å². The molecule has 5 heteroatoms. The van der Waals surface area contributed by atoms with Crippen LogP contribution in [0.5, 0.6) is 0 Å². The number of hydrogen-bond acceptors (Lipinski definition) is 3. The van der Waals surface area contributed by atoms with Crippen molar-refractivity contribution in [2.24, 2.45) is 0 Å². The molecule has 0 spiro atoms. The highest BCUT2D eigenvalue weighted by Crippen LogP contribution is 2.17. The van der Waals surface area contributed by atoms with Crippen molar-refractivity contribution >= 4 is 17.0 Å². The van der Waals surface area contributed by atoms with Crippen LogP contribution in [-0.2, 0) is 11.3 Å². The average Bonchev–Trinajstić information content (AvgIpc) is 2.72. The van der Waals surface area contributed by atoms with E-state index in [1.165, 1.54) is 0 Å². The summed E-state index contributed by atoms with van der Waals surface area (Å²) < 4.78 is 6.93. The standard InChI is InChI=1S/C12H14N2O3/c1-17-7-3-6-14-8-13-11-9(12(15)16)4-2-5-10(11)14/h2,4-5,8H,3,6-7H2,1H3,(H,15,16). The molecular formula is C12H14N2O3. The van der Waals surface area contributed by atoms with Crippen LogP contribution in [0.2, 0.25) is 0 Å². The van der Waals surface area contributed by atoms with Gasteiger partial charge in [0.2, 0.25) is 0 Å². The van der Waals surface area contributed by atoms with Gasteiger partial charge in [0.1, 0.15) is 5.52 Å². The van der Waals surface area contributed by atoms with Crippen molar-refractivity contribution in [2.45, 2.75) is 13.0 Å². The molecule has 0 aliphatic rings. The van der Waals surface area contributed by atoms with E-state index in [4.69, 9.17) is 9.84 Å². The van der Waals surface area contributed by atoms with E-state index < -0.39 is 5.97 Å². The van der Waals surface area contributed by atoms with Crippen molar-refractivity contribution in [1.29, 1.82) is 0 Å². The number of aromatic carboxylic acids is 1. The molecule has 1 aromatic carbocycles. The number of imidazole rings is 1. The fraction of sp³-hybridized carbons (Fsp3) is 0.333. The summed E-state index contributed by atoms with van der Waals surface area (Å²) in [6, 6.07) is 5.18. The number of carbonyl (C=O) groups is 1. The second-order valence-electron chi connectivity index (χ2n) is 3.76. The number of ether oxygens (including phenoxy) is 1. The highest BCUT2D eigenvalue weighted by Gasteiger charge is 2.11. The van der Waals surface area contributed by atoms with Gasteiger partial charge in [0, 0.05) is 20.3 Å². The SMILES string of the molecule is COCCCn1cnc2c(C(=O)O)cccc21. The Hall–Kier alpha value is -1.88. The van der Waals surface area contributed by atoms with E-state index in [2.05, 4.69) is 4.98 Å². The Morgan fingerprint density at radius 2 is 2.35 bits per heavy atom. The zero-order chi connectivity index (χ0) is 12.3. The van der Waals surface area contributed by atoms with Gasteiger partial charge in [-0.05, 0) is 18.6 Å². The maximum Gasteiger partial charge on any atom is 0.337 e. The number of benzene rings is 1. The maximum absolute atomic E-state index is 11.0. The van der Waals surface area contributed by atoms with Gasteiger partial charge in [0.05, 0.1) is 17.4 Å². The van der Waals surface area contributed by atoms with Crippen molar-refractivity contribution in [1.82, 2.24) is 9.55 Å². The highest BCUT2D eigenvalue weighted by atomic mass is 16.5. The fourth-order valence-corrected chi connectivity index (χ4v) is 1.82. The second kappa shape index (κ2) is 4.97. The van der Waals surface area contributed by atoms with Crippen LogP contribution in [-0.4, -0.2) is 34.3 Å². The van der Waals surface area contributed by atoms with Crippen LogP contribution in [0.4, 0.5) is 0 Å². The first-order valence-electron chi connectivity index (χ1n) is 5.40. The summed E-state index contributed by atoms with van der Waals surface area (Å²) in [4.78, 5) is 15.2. The number of aryl methyl sites for hydroxylation is 1. The lowest BCUT2D eigenvalue weighted by atomic mass is 10.2. The molecule has 0 atom stereocenters. The zero-order valence-corrected chi connectivity index (χ0v) is 9.59. The van der Waals surface area contributed by atoms with Crippen molar-refractivity contribution in [3.63, 3.8) is 0 Å². The predicted molar refractivity (Wildman–Crippen MR) is 63.2 cm³/mol. The molecule has 1 aromatic heterocycles. The Kier molecular flexibility index (Phi) is 3.39. The van der Waals surface area contributed by atoms with Gasteiger partial charge in [-0.15, -0.1) is 0 Å². The average molecular weight is 234 g/mol. The molecule has 2 rings (SSSR count). The molecule has 90 valence electrons. The van der Waals surface area contributed by atoms with Crippen molar-refractivity contribution in [3.05, 3.63) is 30.1 Å². The van der Waals surface area contributed by atoms with Crippen LogP contribution in [0.1, 0.15) is 16.8 Å². The molecule has 0 bridgehead atoms.